The summed E-state index contributed by atoms with van der Waals surface area (Å²) in [5.41, 5.74) is 0. The summed E-state index contributed by atoms with van der Waals surface area (Å²) in [5.74, 6) is 1.22. The van der Waals surface area contributed by atoms with Gasteiger partial charge in [0.15, 0.2) is 0 Å². The Morgan fingerprint density at radius 1 is 1.25 bits per heavy atom. The number of urea groups is 1. The van der Waals surface area contributed by atoms with Crippen molar-refractivity contribution in [2.75, 3.05) is 44.2 Å². The molecule has 0 radical (unpaired) electrons. The van der Waals surface area contributed by atoms with E-state index in [4.69, 9.17) is 5.11 Å². The van der Waals surface area contributed by atoms with Crippen LogP contribution in [0.3, 0.4) is 0 Å². The lowest BCUT2D eigenvalue weighted by Gasteiger charge is -2.26. The molecule has 0 aromatic rings. The van der Waals surface area contributed by atoms with Gasteiger partial charge in [-0.1, -0.05) is 6.92 Å². The Morgan fingerprint density at radius 3 is 2.55 bits per heavy atom. The molecule has 1 saturated heterocycles. The summed E-state index contributed by atoms with van der Waals surface area (Å²) < 4.78 is 0. The third kappa shape index (κ3) is 7.59. The first-order chi connectivity index (χ1) is 9.59. The summed E-state index contributed by atoms with van der Waals surface area (Å²) in [7, 11) is 0. The van der Waals surface area contributed by atoms with Crippen molar-refractivity contribution in [1.82, 2.24) is 15.5 Å². The first kappa shape index (κ1) is 17.1. The normalized spacial score (nSPS) is 17.4. The summed E-state index contributed by atoms with van der Waals surface area (Å²) >= 11 is 1.97. The van der Waals surface area contributed by atoms with Crippen molar-refractivity contribution in [2.45, 2.75) is 19.8 Å². The molecule has 116 valence electrons. The third-order valence-electron chi connectivity index (χ3n) is 3.34. The van der Waals surface area contributed by atoms with E-state index in [0.717, 1.165) is 19.6 Å². The Bertz CT molecular complexity index is 309. The molecular weight excluding hydrogens is 278 g/mol. The topological polar surface area (TPSA) is 81.7 Å². The van der Waals surface area contributed by atoms with Crippen LogP contribution < -0.4 is 10.6 Å². The highest BCUT2D eigenvalue weighted by atomic mass is 32.2. The van der Waals surface area contributed by atoms with Crippen LogP contribution in [-0.4, -0.2) is 66.2 Å². The maximum absolute atomic E-state index is 11.5. The maximum atomic E-state index is 11.5. The molecule has 6 nitrogen and oxygen atoms in total. The average Bonchev–Trinajstić information content (AvgIpc) is 2.44. The van der Waals surface area contributed by atoms with E-state index in [1.165, 1.54) is 11.5 Å². The zero-order chi connectivity index (χ0) is 14.8. The second-order valence-electron chi connectivity index (χ2n) is 5.02. The molecule has 0 aliphatic carbocycles. The fourth-order valence-electron chi connectivity index (χ4n) is 1.95. The molecule has 0 aromatic carbocycles. The number of carboxylic acids is 1. The predicted molar refractivity (Wildman–Crippen MR) is 81.2 cm³/mol. The molecule has 0 bridgehead atoms. The molecule has 1 heterocycles. The molecule has 3 N–H and O–H groups in total. The van der Waals surface area contributed by atoms with Gasteiger partial charge in [0, 0.05) is 44.2 Å². The molecule has 1 atom stereocenters. The van der Waals surface area contributed by atoms with Crippen molar-refractivity contribution < 1.29 is 14.7 Å². The molecule has 0 saturated carbocycles. The number of thioether (sulfide) groups is 1. The number of nitrogens with one attached hydrogen (secondary N) is 2. The number of hydrogen-bond donors (Lipinski definition) is 3. The van der Waals surface area contributed by atoms with Gasteiger partial charge in [-0.15, -0.1) is 0 Å². The Morgan fingerprint density at radius 2 is 1.90 bits per heavy atom. The number of carbonyl (C=O) groups is 2. The van der Waals surface area contributed by atoms with Crippen molar-refractivity contribution in [1.29, 1.82) is 0 Å². The third-order valence-corrected chi connectivity index (χ3v) is 4.28. The Hall–Kier alpha value is -0.950. The van der Waals surface area contributed by atoms with Crippen molar-refractivity contribution in [2.24, 2.45) is 5.92 Å². The zero-order valence-corrected chi connectivity index (χ0v) is 12.9. The Labute approximate surface area is 124 Å². The molecule has 1 rings (SSSR count). The van der Waals surface area contributed by atoms with Gasteiger partial charge in [0.2, 0.25) is 0 Å². The molecule has 2 amide bonds. The van der Waals surface area contributed by atoms with Gasteiger partial charge in [-0.3, -0.25) is 9.69 Å². The standard InChI is InChI=1S/C13H25N3O3S/c1-11(12(17)18)3-2-4-14-13(19)15-5-6-16-7-9-20-10-8-16/h11H,2-10H2,1H3,(H,17,18)(H2,14,15,19). The highest BCUT2D eigenvalue weighted by molar-refractivity contribution is 7.99. The van der Waals surface area contributed by atoms with Gasteiger partial charge in [-0.05, 0) is 12.8 Å². The van der Waals surface area contributed by atoms with Crippen LogP contribution in [0.1, 0.15) is 19.8 Å². The van der Waals surface area contributed by atoms with E-state index < -0.39 is 5.97 Å². The number of aliphatic carboxylic acids is 1. The molecule has 7 heteroatoms. The Kier molecular flexibility index (Phi) is 8.45. The van der Waals surface area contributed by atoms with E-state index in [1.54, 1.807) is 6.92 Å². The first-order valence-corrected chi connectivity index (χ1v) is 8.29. The minimum atomic E-state index is -0.783. The zero-order valence-electron chi connectivity index (χ0n) is 12.1. The van der Waals surface area contributed by atoms with Crippen LogP contribution in [0.5, 0.6) is 0 Å². The van der Waals surface area contributed by atoms with Gasteiger partial charge in [-0.25, -0.2) is 4.79 Å². The predicted octanol–water partition coefficient (Wildman–Crippen LogP) is 0.835. The summed E-state index contributed by atoms with van der Waals surface area (Å²) in [6.45, 7) is 5.94. The second kappa shape index (κ2) is 9.88. The fraction of sp³-hybridized carbons (Fsp3) is 0.846. The van der Waals surface area contributed by atoms with Crippen molar-refractivity contribution in [3.8, 4) is 0 Å². The van der Waals surface area contributed by atoms with Crippen LogP contribution in [0.4, 0.5) is 4.79 Å². The highest BCUT2D eigenvalue weighted by Crippen LogP contribution is 2.07. The summed E-state index contributed by atoms with van der Waals surface area (Å²) in [6, 6.07) is -0.167. The van der Waals surface area contributed by atoms with E-state index in [2.05, 4.69) is 15.5 Å². The van der Waals surface area contributed by atoms with Gasteiger partial charge >= 0.3 is 12.0 Å². The molecule has 1 unspecified atom stereocenters. The van der Waals surface area contributed by atoms with Crippen LogP contribution >= 0.6 is 11.8 Å². The summed E-state index contributed by atoms with van der Waals surface area (Å²) in [4.78, 5) is 24.5. The van der Waals surface area contributed by atoms with E-state index in [-0.39, 0.29) is 11.9 Å². The summed E-state index contributed by atoms with van der Waals surface area (Å²) in [6.07, 6.45) is 1.27. The van der Waals surface area contributed by atoms with Gasteiger partial charge in [0.05, 0.1) is 5.92 Å². The van der Waals surface area contributed by atoms with Crippen LogP contribution in [0.15, 0.2) is 0 Å². The number of carboxylic acid groups (broad SMARTS) is 1. The smallest absolute Gasteiger partial charge is 0.314 e. The van der Waals surface area contributed by atoms with Crippen molar-refractivity contribution >= 4 is 23.8 Å². The number of amides is 2. The Balaban J connectivity index is 1.96. The van der Waals surface area contributed by atoms with Crippen LogP contribution in [0, 0.1) is 5.92 Å². The first-order valence-electron chi connectivity index (χ1n) is 7.14. The molecule has 1 aliphatic rings. The van der Waals surface area contributed by atoms with E-state index in [9.17, 15) is 9.59 Å². The van der Waals surface area contributed by atoms with Gasteiger partial charge in [0.25, 0.3) is 0 Å². The lowest BCUT2D eigenvalue weighted by Crippen LogP contribution is -2.42. The monoisotopic (exact) mass is 303 g/mol. The van der Waals surface area contributed by atoms with Crippen LogP contribution in [0.2, 0.25) is 0 Å². The highest BCUT2D eigenvalue weighted by Gasteiger charge is 2.11. The minimum Gasteiger partial charge on any atom is -0.481 e. The quantitative estimate of drug-likeness (QED) is 0.579. The number of nitrogens with zero attached hydrogens (tertiary/aromatic N) is 1. The lowest BCUT2D eigenvalue weighted by atomic mass is 10.1. The SMILES string of the molecule is CC(CCCNC(=O)NCCN1CCSCC1)C(=O)O. The molecule has 20 heavy (non-hydrogen) atoms. The van der Waals surface area contributed by atoms with Crippen LogP contribution in [-0.2, 0) is 4.79 Å². The molecule has 0 aromatic heterocycles. The van der Waals surface area contributed by atoms with Crippen molar-refractivity contribution in [3.63, 3.8) is 0 Å². The minimum absolute atomic E-state index is 0.167. The maximum Gasteiger partial charge on any atom is 0.314 e. The largest absolute Gasteiger partial charge is 0.481 e. The average molecular weight is 303 g/mol. The molecule has 1 aliphatic heterocycles. The second-order valence-corrected chi connectivity index (χ2v) is 6.24. The van der Waals surface area contributed by atoms with Gasteiger partial charge in [-0.2, -0.15) is 11.8 Å². The lowest BCUT2D eigenvalue weighted by molar-refractivity contribution is -0.141. The molecular formula is C13H25N3O3S. The van der Waals surface area contributed by atoms with Crippen LogP contribution in [0.25, 0.3) is 0 Å². The fourth-order valence-corrected chi connectivity index (χ4v) is 2.93. The number of rotatable bonds is 8. The van der Waals surface area contributed by atoms with E-state index in [1.807, 2.05) is 11.8 Å². The number of carbonyl (C=O) groups excluding carboxylic acids is 1. The summed E-state index contributed by atoms with van der Waals surface area (Å²) in [5, 5.41) is 14.3. The van der Waals surface area contributed by atoms with E-state index >= 15 is 0 Å². The molecule has 0 spiro atoms. The van der Waals surface area contributed by atoms with Gasteiger partial charge < -0.3 is 15.7 Å². The van der Waals surface area contributed by atoms with E-state index in [0.29, 0.717) is 25.9 Å². The van der Waals surface area contributed by atoms with Gasteiger partial charge in [0.1, 0.15) is 0 Å². The number of hydrogen-bond acceptors (Lipinski definition) is 4. The molecule has 1 fully saturated rings. The van der Waals surface area contributed by atoms with Crippen molar-refractivity contribution in [3.05, 3.63) is 0 Å².